The Kier molecular flexibility index (Phi) is 8.89. The van der Waals surface area contributed by atoms with Gasteiger partial charge in [-0.2, -0.15) is 0 Å². The predicted molar refractivity (Wildman–Crippen MR) is 130 cm³/mol. The van der Waals surface area contributed by atoms with Gasteiger partial charge in [0.1, 0.15) is 18.1 Å². The molecule has 0 radical (unpaired) electrons. The molecule has 0 aliphatic rings. The molecule has 2 aromatic carbocycles. The second-order valence-corrected chi connectivity index (χ2v) is 8.34. The number of carbonyl (C=O) groups excluding carboxylic acids is 2. The van der Waals surface area contributed by atoms with Gasteiger partial charge in [0.15, 0.2) is 11.5 Å². The third-order valence-corrected chi connectivity index (χ3v) is 5.69. The van der Waals surface area contributed by atoms with E-state index in [1.165, 1.54) is 23.1 Å². The highest BCUT2D eigenvalue weighted by atomic mass is 19.1. The van der Waals surface area contributed by atoms with Crippen LogP contribution in [0.15, 0.2) is 65.3 Å². The van der Waals surface area contributed by atoms with Crippen LogP contribution < -0.4 is 9.47 Å². The smallest absolute Gasteiger partial charge is 0.257 e. The molecule has 1 heterocycles. The Morgan fingerprint density at radius 2 is 1.74 bits per heavy atom. The molecule has 2 amide bonds. The van der Waals surface area contributed by atoms with Crippen LogP contribution >= 0.6 is 0 Å². The largest absolute Gasteiger partial charge is 0.493 e. The summed E-state index contributed by atoms with van der Waals surface area (Å²) in [6.45, 7) is 4.05. The first kappa shape index (κ1) is 25.8. The molecule has 0 atom stereocenters. The Morgan fingerprint density at radius 3 is 2.37 bits per heavy atom. The van der Waals surface area contributed by atoms with Crippen LogP contribution in [0, 0.1) is 5.82 Å². The van der Waals surface area contributed by atoms with Crippen molar-refractivity contribution >= 4 is 11.8 Å². The van der Waals surface area contributed by atoms with E-state index in [4.69, 9.17) is 13.9 Å². The quantitative estimate of drug-likeness (QED) is 0.401. The molecule has 35 heavy (non-hydrogen) atoms. The summed E-state index contributed by atoms with van der Waals surface area (Å²) in [6.07, 6.45) is 2.10. The molecule has 0 unspecified atom stereocenters. The minimum atomic E-state index is -0.614. The lowest BCUT2D eigenvalue weighted by Crippen LogP contribution is -2.46. The highest BCUT2D eigenvalue weighted by Crippen LogP contribution is 2.28. The van der Waals surface area contributed by atoms with Crippen LogP contribution in [0.3, 0.4) is 0 Å². The fourth-order valence-corrected chi connectivity index (χ4v) is 3.71. The van der Waals surface area contributed by atoms with Crippen LogP contribution in [0.5, 0.6) is 11.5 Å². The maximum absolute atomic E-state index is 14.3. The number of carbonyl (C=O) groups is 2. The van der Waals surface area contributed by atoms with Crippen molar-refractivity contribution in [1.29, 1.82) is 0 Å². The molecule has 3 aromatic rings. The Labute approximate surface area is 205 Å². The fraction of sp³-hybridized carbons (Fsp3) is 0.333. The molecule has 8 heteroatoms. The van der Waals surface area contributed by atoms with Crippen molar-refractivity contribution in [2.45, 2.75) is 32.9 Å². The number of methoxy groups -OCH3 is 2. The third kappa shape index (κ3) is 6.62. The van der Waals surface area contributed by atoms with Crippen LogP contribution in [-0.4, -0.2) is 55.0 Å². The van der Waals surface area contributed by atoms with Crippen molar-refractivity contribution in [3.05, 3.63) is 83.6 Å². The molecule has 0 fully saturated rings. The Morgan fingerprint density at radius 1 is 1.00 bits per heavy atom. The highest BCUT2D eigenvalue weighted by Gasteiger charge is 2.26. The summed E-state index contributed by atoms with van der Waals surface area (Å²) < 4.78 is 30.4. The summed E-state index contributed by atoms with van der Waals surface area (Å²) in [5, 5.41) is 0. The topological polar surface area (TPSA) is 72.2 Å². The van der Waals surface area contributed by atoms with E-state index in [1.807, 2.05) is 18.2 Å². The number of halogens is 1. The van der Waals surface area contributed by atoms with Gasteiger partial charge in [-0.15, -0.1) is 0 Å². The molecule has 0 aliphatic carbocycles. The Hall–Kier alpha value is -3.81. The van der Waals surface area contributed by atoms with Crippen LogP contribution in [-0.2, 0) is 17.8 Å². The molecule has 3 rings (SSSR count). The van der Waals surface area contributed by atoms with Crippen LogP contribution in [0.25, 0.3) is 0 Å². The van der Waals surface area contributed by atoms with Gasteiger partial charge >= 0.3 is 0 Å². The van der Waals surface area contributed by atoms with Gasteiger partial charge in [0.25, 0.3) is 5.91 Å². The number of ether oxygens (including phenoxy) is 2. The molecular formula is C27H31FN2O5. The van der Waals surface area contributed by atoms with E-state index in [0.717, 1.165) is 5.56 Å². The summed E-state index contributed by atoms with van der Waals surface area (Å²) in [4.78, 5) is 29.5. The number of nitrogens with zero attached hydrogens (tertiary/aromatic N) is 2. The van der Waals surface area contributed by atoms with E-state index in [1.54, 1.807) is 57.4 Å². The van der Waals surface area contributed by atoms with E-state index in [0.29, 0.717) is 30.2 Å². The molecule has 1 aromatic heterocycles. The summed E-state index contributed by atoms with van der Waals surface area (Å²) >= 11 is 0. The van der Waals surface area contributed by atoms with Crippen molar-refractivity contribution in [2.24, 2.45) is 0 Å². The number of hydrogen-bond acceptors (Lipinski definition) is 5. The van der Waals surface area contributed by atoms with Gasteiger partial charge in [0.05, 0.1) is 32.6 Å². The molecule has 0 bridgehead atoms. The molecule has 0 N–H and O–H groups in total. The molecule has 186 valence electrons. The lowest BCUT2D eigenvalue weighted by molar-refractivity contribution is -0.133. The average Bonchev–Trinajstić information content (AvgIpc) is 3.37. The van der Waals surface area contributed by atoms with E-state index >= 15 is 0 Å². The fourth-order valence-electron chi connectivity index (χ4n) is 3.71. The van der Waals surface area contributed by atoms with Crippen molar-refractivity contribution in [3.8, 4) is 11.5 Å². The SMILES string of the molecule is COc1ccc(CCN(Cc2ccco2)C(=O)CN(C(=O)c2ccccc2F)C(C)C)cc1OC. The van der Waals surface area contributed by atoms with Gasteiger partial charge < -0.3 is 23.7 Å². The van der Waals surface area contributed by atoms with Crippen molar-refractivity contribution in [2.75, 3.05) is 27.3 Å². The maximum atomic E-state index is 14.3. The van der Waals surface area contributed by atoms with Crippen molar-refractivity contribution < 1.29 is 27.9 Å². The number of benzene rings is 2. The number of rotatable bonds is 11. The first-order valence-electron chi connectivity index (χ1n) is 11.4. The first-order chi connectivity index (χ1) is 16.8. The van der Waals surface area contributed by atoms with Gasteiger partial charge in [-0.1, -0.05) is 18.2 Å². The van der Waals surface area contributed by atoms with Crippen molar-refractivity contribution in [1.82, 2.24) is 9.80 Å². The van der Waals surface area contributed by atoms with Gasteiger partial charge in [0.2, 0.25) is 5.91 Å². The number of hydrogen-bond donors (Lipinski definition) is 0. The normalized spacial score (nSPS) is 10.8. The zero-order valence-corrected chi connectivity index (χ0v) is 20.5. The average molecular weight is 483 g/mol. The van der Waals surface area contributed by atoms with E-state index in [9.17, 15) is 14.0 Å². The summed E-state index contributed by atoms with van der Waals surface area (Å²) in [7, 11) is 3.14. The zero-order chi connectivity index (χ0) is 25.4. The van der Waals surface area contributed by atoms with Crippen molar-refractivity contribution in [3.63, 3.8) is 0 Å². The molecule has 0 aliphatic heterocycles. The van der Waals surface area contributed by atoms with Crippen LogP contribution in [0.1, 0.15) is 35.5 Å². The predicted octanol–water partition coefficient (Wildman–Crippen LogP) is 4.56. The first-order valence-corrected chi connectivity index (χ1v) is 11.4. The minimum absolute atomic E-state index is 0.0584. The second-order valence-electron chi connectivity index (χ2n) is 8.34. The van der Waals surface area contributed by atoms with E-state index in [-0.39, 0.29) is 30.6 Å². The minimum Gasteiger partial charge on any atom is -0.493 e. The molecular weight excluding hydrogens is 451 g/mol. The lowest BCUT2D eigenvalue weighted by atomic mass is 10.1. The summed E-state index contributed by atoms with van der Waals surface area (Å²) in [5.41, 5.74) is 0.903. The highest BCUT2D eigenvalue weighted by molar-refractivity contribution is 5.97. The summed E-state index contributed by atoms with van der Waals surface area (Å²) in [5.74, 6) is 0.456. The third-order valence-electron chi connectivity index (χ3n) is 5.69. The van der Waals surface area contributed by atoms with E-state index < -0.39 is 11.7 Å². The maximum Gasteiger partial charge on any atom is 0.257 e. The van der Waals surface area contributed by atoms with Gasteiger partial charge in [-0.25, -0.2) is 4.39 Å². The van der Waals surface area contributed by atoms with Gasteiger partial charge in [-0.05, 0) is 62.2 Å². The lowest BCUT2D eigenvalue weighted by Gasteiger charge is -2.30. The van der Waals surface area contributed by atoms with E-state index in [2.05, 4.69) is 0 Å². The molecule has 7 nitrogen and oxygen atoms in total. The van der Waals surface area contributed by atoms with Crippen LogP contribution in [0.2, 0.25) is 0 Å². The standard InChI is InChI=1S/C27H31FN2O5/c1-19(2)30(27(32)22-9-5-6-10-23(22)28)18-26(31)29(17-21-8-7-15-35-21)14-13-20-11-12-24(33-3)25(16-20)34-4/h5-12,15-16,19H,13-14,17-18H2,1-4H3. The van der Waals surface area contributed by atoms with Gasteiger partial charge in [-0.3, -0.25) is 9.59 Å². The zero-order valence-electron chi connectivity index (χ0n) is 20.5. The Balaban J connectivity index is 1.78. The number of furan rings is 1. The molecule has 0 saturated carbocycles. The second kappa shape index (κ2) is 12.1. The molecule has 0 saturated heterocycles. The molecule has 0 spiro atoms. The monoisotopic (exact) mass is 482 g/mol. The summed E-state index contributed by atoms with van der Waals surface area (Å²) in [6, 6.07) is 14.6. The van der Waals surface area contributed by atoms with Gasteiger partial charge in [0, 0.05) is 12.6 Å². The Bertz CT molecular complexity index is 1130. The number of amides is 2. The van der Waals surface area contributed by atoms with Crippen LogP contribution in [0.4, 0.5) is 4.39 Å².